The molecule has 0 saturated carbocycles. The second-order valence-corrected chi connectivity index (χ2v) is 2.44. The van der Waals surface area contributed by atoms with Crippen LogP contribution in [0.25, 0.3) is 0 Å². The van der Waals surface area contributed by atoms with E-state index in [2.05, 4.69) is 5.32 Å². The number of halogens is 1. The lowest BCUT2D eigenvalue weighted by Gasteiger charge is -2.25. The average Bonchev–Trinajstić information content (AvgIpc) is 1.88. The van der Waals surface area contributed by atoms with Crippen LogP contribution in [0.3, 0.4) is 0 Å². The fourth-order valence-corrected chi connectivity index (χ4v) is 0.845. The van der Waals surface area contributed by atoms with Crippen LogP contribution in [0, 0.1) is 0 Å². The summed E-state index contributed by atoms with van der Waals surface area (Å²) in [5, 5.41) is 11.3. The molecule has 0 aromatic carbocycles. The molecule has 0 bridgehead atoms. The molecule has 1 saturated heterocycles. The predicted molar refractivity (Wildman–Crippen MR) is 42.1 cm³/mol. The summed E-state index contributed by atoms with van der Waals surface area (Å²) in [6, 6.07) is -0.517. The van der Waals surface area contributed by atoms with Crippen molar-refractivity contribution in [3.8, 4) is 0 Å². The van der Waals surface area contributed by atoms with E-state index in [1.165, 1.54) is 0 Å². The third-order valence-electron chi connectivity index (χ3n) is 1.50. The Hall–Kier alpha value is -0.320. The predicted octanol–water partition coefficient (Wildman–Crippen LogP) is -0.130. The maximum absolute atomic E-state index is 10.3. The number of hydrogen-bond acceptors (Lipinski definition) is 3. The molecular formula is C6H12ClNO3. The average molecular weight is 182 g/mol. The van der Waals surface area contributed by atoms with Gasteiger partial charge in [-0.15, -0.1) is 12.4 Å². The first-order chi connectivity index (χ1) is 4.70. The SMILES string of the molecule is CC1CNC(C(=O)O)CO1.Cl. The van der Waals surface area contributed by atoms with Gasteiger partial charge in [-0.25, -0.2) is 0 Å². The molecule has 4 nitrogen and oxygen atoms in total. The number of carboxylic acid groups (broad SMARTS) is 1. The van der Waals surface area contributed by atoms with Crippen molar-refractivity contribution in [3.63, 3.8) is 0 Å². The third kappa shape index (κ3) is 3.05. The first kappa shape index (κ1) is 10.7. The maximum Gasteiger partial charge on any atom is 0.323 e. The van der Waals surface area contributed by atoms with Gasteiger partial charge < -0.3 is 9.84 Å². The number of hydrogen-bond donors (Lipinski definition) is 2. The van der Waals surface area contributed by atoms with Crippen molar-refractivity contribution in [3.05, 3.63) is 0 Å². The van der Waals surface area contributed by atoms with Gasteiger partial charge >= 0.3 is 5.97 Å². The van der Waals surface area contributed by atoms with Crippen molar-refractivity contribution in [2.24, 2.45) is 0 Å². The van der Waals surface area contributed by atoms with Gasteiger partial charge in [0.2, 0.25) is 0 Å². The van der Waals surface area contributed by atoms with Crippen LogP contribution in [-0.4, -0.2) is 36.4 Å². The van der Waals surface area contributed by atoms with E-state index in [-0.39, 0.29) is 25.1 Å². The molecule has 1 fully saturated rings. The molecule has 66 valence electrons. The van der Waals surface area contributed by atoms with Crippen LogP contribution >= 0.6 is 12.4 Å². The molecule has 0 aromatic heterocycles. The summed E-state index contributed by atoms with van der Waals surface area (Å²) in [5.74, 6) is -0.841. The highest BCUT2D eigenvalue weighted by Crippen LogP contribution is 1.99. The van der Waals surface area contributed by atoms with E-state index in [9.17, 15) is 4.79 Å². The fraction of sp³-hybridized carbons (Fsp3) is 0.833. The minimum Gasteiger partial charge on any atom is -0.480 e. The van der Waals surface area contributed by atoms with Crippen molar-refractivity contribution in [1.82, 2.24) is 5.32 Å². The van der Waals surface area contributed by atoms with Crippen molar-refractivity contribution in [1.29, 1.82) is 0 Å². The number of nitrogens with one attached hydrogen (secondary N) is 1. The van der Waals surface area contributed by atoms with E-state index in [4.69, 9.17) is 9.84 Å². The van der Waals surface area contributed by atoms with Crippen molar-refractivity contribution in [2.45, 2.75) is 19.1 Å². The van der Waals surface area contributed by atoms with E-state index in [1.54, 1.807) is 0 Å². The minimum atomic E-state index is -0.841. The van der Waals surface area contributed by atoms with Gasteiger partial charge in [0.05, 0.1) is 12.7 Å². The Kier molecular flexibility index (Phi) is 4.40. The fourth-order valence-electron chi connectivity index (χ4n) is 0.845. The molecule has 2 atom stereocenters. The first-order valence-corrected chi connectivity index (χ1v) is 3.28. The Morgan fingerprint density at radius 1 is 1.73 bits per heavy atom. The highest BCUT2D eigenvalue weighted by molar-refractivity contribution is 5.85. The first-order valence-electron chi connectivity index (χ1n) is 3.28. The van der Waals surface area contributed by atoms with Gasteiger partial charge in [-0.05, 0) is 6.92 Å². The normalized spacial score (nSPS) is 30.6. The van der Waals surface area contributed by atoms with Gasteiger partial charge in [0.15, 0.2) is 0 Å². The highest BCUT2D eigenvalue weighted by atomic mass is 35.5. The molecule has 0 aromatic rings. The molecule has 0 amide bonds. The molecule has 11 heavy (non-hydrogen) atoms. The Morgan fingerprint density at radius 2 is 2.36 bits per heavy atom. The number of ether oxygens (including phenoxy) is 1. The molecule has 0 radical (unpaired) electrons. The molecule has 5 heteroatoms. The van der Waals surface area contributed by atoms with Gasteiger partial charge in [-0.3, -0.25) is 10.1 Å². The standard InChI is InChI=1S/C6H11NO3.ClH/c1-4-2-7-5(3-10-4)6(8)9;/h4-5,7H,2-3H2,1H3,(H,8,9);1H. The zero-order valence-corrected chi connectivity index (χ0v) is 7.06. The topological polar surface area (TPSA) is 58.6 Å². The minimum absolute atomic E-state index is 0. The van der Waals surface area contributed by atoms with E-state index >= 15 is 0 Å². The lowest BCUT2D eigenvalue weighted by atomic mass is 10.2. The summed E-state index contributed by atoms with van der Waals surface area (Å²) in [5.41, 5.74) is 0. The molecule has 2 unspecified atom stereocenters. The summed E-state index contributed by atoms with van der Waals surface area (Å²) >= 11 is 0. The molecule has 1 aliphatic rings. The smallest absolute Gasteiger partial charge is 0.323 e. The van der Waals surface area contributed by atoms with Crippen molar-refractivity contribution in [2.75, 3.05) is 13.2 Å². The second kappa shape index (κ2) is 4.54. The lowest BCUT2D eigenvalue weighted by molar-refractivity contribution is -0.143. The van der Waals surface area contributed by atoms with Crippen LogP contribution in [0.15, 0.2) is 0 Å². The molecular weight excluding hydrogens is 170 g/mol. The van der Waals surface area contributed by atoms with Crippen LogP contribution in [-0.2, 0) is 9.53 Å². The molecule has 1 aliphatic heterocycles. The summed E-state index contributed by atoms with van der Waals surface area (Å²) in [6.07, 6.45) is 0.135. The highest BCUT2D eigenvalue weighted by Gasteiger charge is 2.22. The van der Waals surface area contributed by atoms with Gasteiger partial charge in [0.25, 0.3) is 0 Å². The lowest BCUT2D eigenvalue weighted by Crippen LogP contribution is -2.49. The molecule has 1 heterocycles. The van der Waals surface area contributed by atoms with Crippen LogP contribution in [0.1, 0.15) is 6.92 Å². The van der Waals surface area contributed by atoms with Crippen LogP contribution < -0.4 is 5.32 Å². The Labute approximate surface area is 71.3 Å². The zero-order valence-electron chi connectivity index (χ0n) is 6.24. The summed E-state index contributed by atoms with van der Waals surface area (Å²) in [6.45, 7) is 2.80. The Morgan fingerprint density at radius 3 is 2.73 bits per heavy atom. The number of carbonyl (C=O) groups is 1. The molecule has 0 aliphatic carbocycles. The van der Waals surface area contributed by atoms with Crippen LogP contribution in [0.5, 0.6) is 0 Å². The van der Waals surface area contributed by atoms with E-state index in [1.807, 2.05) is 6.92 Å². The van der Waals surface area contributed by atoms with Gasteiger partial charge in [-0.2, -0.15) is 0 Å². The Bertz CT molecular complexity index is 134. The van der Waals surface area contributed by atoms with Gasteiger partial charge in [0.1, 0.15) is 6.04 Å². The summed E-state index contributed by atoms with van der Waals surface area (Å²) in [4.78, 5) is 10.3. The van der Waals surface area contributed by atoms with E-state index in [0.717, 1.165) is 0 Å². The summed E-state index contributed by atoms with van der Waals surface area (Å²) in [7, 11) is 0. The quantitative estimate of drug-likeness (QED) is 0.592. The van der Waals surface area contributed by atoms with Crippen LogP contribution in [0.2, 0.25) is 0 Å². The number of rotatable bonds is 1. The van der Waals surface area contributed by atoms with Gasteiger partial charge in [-0.1, -0.05) is 0 Å². The number of aliphatic carboxylic acids is 1. The molecule has 2 N–H and O–H groups in total. The van der Waals surface area contributed by atoms with E-state index < -0.39 is 12.0 Å². The third-order valence-corrected chi connectivity index (χ3v) is 1.50. The number of morpholine rings is 1. The Balaban J connectivity index is 0.000001000. The monoisotopic (exact) mass is 181 g/mol. The number of carboxylic acids is 1. The largest absolute Gasteiger partial charge is 0.480 e. The van der Waals surface area contributed by atoms with Crippen molar-refractivity contribution < 1.29 is 14.6 Å². The van der Waals surface area contributed by atoms with Gasteiger partial charge in [0, 0.05) is 6.54 Å². The van der Waals surface area contributed by atoms with E-state index in [0.29, 0.717) is 6.54 Å². The maximum atomic E-state index is 10.3. The molecule has 1 rings (SSSR count). The van der Waals surface area contributed by atoms with Crippen LogP contribution in [0.4, 0.5) is 0 Å². The summed E-state index contributed by atoms with van der Waals surface area (Å²) < 4.78 is 5.11. The second-order valence-electron chi connectivity index (χ2n) is 2.44. The van der Waals surface area contributed by atoms with Crippen molar-refractivity contribution >= 4 is 18.4 Å². The molecule has 0 spiro atoms. The zero-order chi connectivity index (χ0) is 7.56.